The molecule has 0 radical (unpaired) electrons. The lowest BCUT2D eigenvalue weighted by Crippen LogP contribution is -2.51. The number of ether oxygens (including phenoxy) is 2. The van der Waals surface area contributed by atoms with Crippen molar-refractivity contribution < 1.29 is 24.2 Å². The quantitative estimate of drug-likeness (QED) is 0.889. The largest absolute Gasteiger partial charge is 0.483 e. The number of morpholine rings is 1. The monoisotopic (exact) mass is 307 g/mol. The van der Waals surface area contributed by atoms with E-state index >= 15 is 0 Å². The van der Waals surface area contributed by atoms with Gasteiger partial charge in [-0.25, -0.2) is 0 Å². The van der Waals surface area contributed by atoms with Crippen molar-refractivity contribution in [1.29, 1.82) is 0 Å². The number of rotatable bonds is 5. The van der Waals surface area contributed by atoms with Crippen LogP contribution in [-0.4, -0.2) is 54.3 Å². The molecule has 1 heterocycles. The highest BCUT2D eigenvalue weighted by atomic mass is 16.5. The summed E-state index contributed by atoms with van der Waals surface area (Å²) in [6.07, 6.45) is -0.116. The second-order valence-corrected chi connectivity index (χ2v) is 5.47. The van der Waals surface area contributed by atoms with Crippen molar-refractivity contribution in [3.05, 3.63) is 29.3 Å². The molecule has 1 atom stereocenters. The molecule has 0 aromatic heterocycles. The predicted octanol–water partition coefficient (Wildman–Crippen LogP) is 1.38. The van der Waals surface area contributed by atoms with E-state index in [0.29, 0.717) is 18.9 Å². The number of carbonyl (C=O) groups excluding carboxylic acids is 1. The van der Waals surface area contributed by atoms with Crippen LogP contribution in [0, 0.1) is 13.8 Å². The Bertz CT molecular complexity index is 557. The third-order valence-electron chi connectivity index (χ3n) is 3.65. The molecule has 2 rings (SSSR count). The molecule has 1 N–H and O–H groups in total. The zero-order chi connectivity index (χ0) is 16.1. The van der Waals surface area contributed by atoms with Gasteiger partial charge in [0, 0.05) is 6.54 Å². The number of aliphatic carboxylic acids is 1. The second kappa shape index (κ2) is 7.26. The Hall–Kier alpha value is -2.08. The van der Waals surface area contributed by atoms with E-state index < -0.39 is 12.0 Å². The maximum Gasteiger partial charge on any atom is 0.305 e. The fourth-order valence-electron chi connectivity index (χ4n) is 2.44. The van der Waals surface area contributed by atoms with Gasteiger partial charge in [0.1, 0.15) is 5.75 Å². The summed E-state index contributed by atoms with van der Waals surface area (Å²) in [7, 11) is 0. The molecule has 1 aliphatic heterocycles. The van der Waals surface area contributed by atoms with E-state index in [4.69, 9.17) is 14.6 Å². The van der Waals surface area contributed by atoms with Gasteiger partial charge in [0.25, 0.3) is 5.91 Å². The molecule has 0 aliphatic carbocycles. The van der Waals surface area contributed by atoms with Gasteiger partial charge in [-0.15, -0.1) is 0 Å². The van der Waals surface area contributed by atoms with Crippen LogP contribution in [0.5, 0.6) is 5.75 Å². The highest BCUT2D eigenvalue weighted by Crippen LogP contribution is 2.19. The van der Waals surface area contributed by atoms with Gasteiger partial charge in [0.15, 0.2) is 6.61 Å². The van der Waals surface area contributed by atoms with E-state index in [2.05, 4.69) is 0 Å². The summed E-state index contributed by atoms with van der Waals surface area (Å²) in [4.78, 5) is 24.7. The highest BCUT2D eigenvalue weighted by molar-refractivity contribution is 5.79. The number of hydrogen-bond acceptors (Lipinski definition) is 4. The van der Waals surface area contributed by atoms with Crippen molar-refractivity contribution in [2.75, 3.05) is 26.4 Å². The van der Waals surface area contributed by atoms with E-state index in [1.54, 1.807) is 4.90 Å². The van der Waals surface area contributed by atoms with Crippen molar-refractivity contribution in [3.63, 3.8) is 0 Å². The number of carboxylic acids is 1. The molecule has 1 unspecified atom stereocenters. The van der Waals surface area contributed by atoms with Crippen molar-refractivity contribution >= 4 is 11.9 Å². The Morgan fingerprint density at radius 2 is 2.18 bits per heavy atom. The average molecular weight is 307 g/mol. The minimum absolute atomic E-state index is 0.0968. The Balaban J connectivity index is 1.97. The van der Waals surface area contributed by atoms with E-state index in [1.807, 2.05) is 32.0 Å². The van der Waals surface area contributed by atoms with Crippen LogP contribution in [0.1, 0.15) is 17.5 Å². The number of carboxylic acid groups (broad SMARTS) is 1. The van der Waals surface area contributed by atoms with Gasteiger partial charge in [-0.3, -0.25) is 9.59 Å². The SMILES string of the molecule is Cc1ccc(C)c(OCC(=O)N2CCOCC2CC(=O)O)c1. The maximum atomic E-state index is 12.3. The maximum absolute atomic E-state index is 12.3. The van der Waals surface area contributed by atoms with Crippen LogP contribution in [0.15, 0.2) is 18.2 Å². The van der Waals surface area contributed by atoms with Gasteiger partial charge >= 0.3 is 5.97 Å². The van der Waals surface area contributed by atoms with E-state index in [9.17, 15) is 9.59 Å². The number of hydrogen-bond donors (Lipinski definition) is 1. The van der Waals surface area contributed by atoms with E-state index in [1.165, 1.54) is 0 Å². The lowest BCUT2D eigenvalue weighted by molar-refractivity contribution is -0.147. The van der Waals surface area contributed by atoms with Crippen molar-refractivity contribution in [1.82, 2.24) is 4.90 Å². The first-order valence-corrected chi connectivity index (χ1v) is 7.26. The molecule has 1 aliphatic rings. The first-order valence-electron chi connectivity index (χ1n) is 7.26. The van der Waals surface area contributed by atoms with Gasteiger partial charge in [-0.05, 0) is 31.0 Å². The van der Waals surface area contributed by atoms with Crippen molar-refractivity contribution in [3.8, 4) is 5.75 Å². The van der Waals surface area contributed by atoms with Gasteiger partial charge < -0.3 is 19.5 Å². The fraction of sp³-hybridized carbons (Fsp3) is 0.500. The summed E-state index contributed by atoms with van der Waals surface area (Å²) >= 11 is 0. The van der Waals surface area contributed by atoms with E-state index in [-0.39, 0.29) is 25.5 Å². The summed E-state index contributed by atoms with van der Waals surface area (Å²) in [6, 6.07) is 5.38. The Morgan fingerprint density at radius 3 is 2.91 bits per heavy atom. The van der Waals surface area contributed by atoms with Crippen LogP contribution in [0.4, 0.5) is 0 Å². The number of nitrogens with zero attached hydrogens (tertiary/aromatic N) is 1. The fourth-order valence-corrected chi connectivity index (χ4v) is 2.44. The number of carbonyl (C=O) groups is 2. The summed E-state index contributed by atoms with van der Waals surface area (Å²) in [5.74, 6) is -0.476. The molecule has 0 bridgehead atoms. The van der Waals surface area contributed by atoms with Gasteiger partial charge in [-0.2, -0.15) is 0 Å². The molecule has 1 aromatic rings. The Morgan fingerprint density at radius 1 is 1.41 bits per heavy atom. The smallest absolute Gasteiger partial charge is 0.305 e. The zero-order valence-electron chi connectivity index (χ0n) is 12.9. The van der Waals surface area contributed by atoms with Crippen LogP contribution in [-0.2, 0) is 14.3 Å². The molecule has 6 heteroatoms. The molecule has 1 saturated heterocycles. The lowest BCUT2D eigenvalue weighted by Gasteiger charge is -2.34. The molecular weight excluding hydrogens is 286 g/mol. The molecule has 1 fully saturated rings. The minimum Gasteiger partial charge on any atom is -0.483 e. The van der Waals surface area contributed by atoms with Crippen LogP contribution in [0.25, 0.3) is 0 Å². The summed E-state index contributed by atoms with van der Waals surface area (Å²) in [6.45, 7) is 4.85. The summed E-state index contributed by atoms with van der Waals surface area (Å²) < 4.78 is 10.9. The van der Waals surface area contributed by atoms with Gasteiger partial charge in [0.05, 0.1) is 25.7 Å². The zero-order valence-corrected chi connectivity index (χ0v) is 12.9. The molecule has 22 heavy (non-hydrogen) atoms. The average Bonchev–Trinajstić information content (AvgIpc) is 2.48. The summed E-state index contributed by atoms with van der Waals surface area (Å²) in [5, 5.41) is 8.92. The molecule has 0 spiro atoms. The molecule has 1 amide bonds. The van der Waals surface area contributed by atoms with Crippen LogP contribution in [0.3, 0.4) is 0 Å². The Kier molecular flexibility index (Phi) is 5.38. The summed E-state index contributed by atoms with van der Waals surface area (Å²) in [5.41, 5.74) is 2.02. The van der Waals surface area contributed by atoms with Gasteiger partial charge in [0.2, 0.25) is 0 Å². The first kappa shape index (κ1) is 16.3. The molecule has 1 aromatic carbocycles. The molecular formula is C16H21NO5. The molecule has 0 saturated carbocycles. The van der Waals surface area contributed by atoms with Gasteiger partial charge in [-0.1, -0.05) is 12.1 Å². The van der Waals surface area contributed by atoms with Crippen LogP contribution >= 0.6 is 0 Å². The molecule has 6 nitrogen and oxygen atoms in total. The molecule has 120 valence electrons. The van der Waals surface area contributed by atoms with Crippen molar-refractivity contribution in [2.24, 2.45) is 0 Å². The topological polar surface area (TPSA) is 76.1 Å². The first-order chi connectivity index (χ1) is 10.5. The Labute approximate surface area is 129 Å². The standard InChI is InChI=1S/C16H21NO5/c1-11-3-4-12(2)14(7-11)22-10-15(18)17-5-6-21-9-13(17)8-16(19)20/h3-4,7,13H,5-6,8-10H2,1-2H3,(H,19,20). The van der Waals surface area contributed by atoms with Crippen molar-refractivity contribution in [2.45, 2.75) is 26.3 Å². The lowest BCUT2D eigenvalue weighted by atomic mass is 10.1. The number of benzene rings is 1. The second-order valence-electron chi connectivity index (χ2n) is 5.47. The number of aryl methyl sites for hydroxylation is 2. The third-order valence-corrected chi connectivity index (χ3v) is 3.65. The normalized spacial score (nSPS) is 18.1. The minimum atomic E-state index is -0.941. The van der Waals surface area contributed by atoms with E-state index in [0.717, 1.165) is 11.1 Å². The predicted molar refractivity (Wildman–Crippen MR) is 80.0 cm³/mol. The number of amides is 1. The third kappa shape index (κ3) is 4.21. The highest BCUT2D eigenvalue weighted by Gasteiger charge is 2.29. The van der Waals surface area contributed by atoms with Crippen LogP contribution < -0.4 is 4.74 Å². The van der Waals surface area contributed by atoms with Crippen LogP contribution in [0.2, 0.25) is 0 Å².